The molecule has 0 radical (unpaired) electrons. The van der Waals surface area contributed by atoms with Gasteiger partial charge in [-0.2, -0.15) is 28.4 Å². The van der Waals surface area contributed by atoms with Crippen molar-refractivity contribution in [3.05, 3.63) is 73.6 Å². The maximum atomic E-state index is 13.9. The van der Waals surface area contributed by atoms with Gasteiger partial charge in [-0.1, -0.05) is 35.1 Å². The van der Waals surface area contributed by atoms with Gasteiger partial charge in [-0.15, -0.1) is 0 Å². The van der Waals surface area contributed by atoms with E-state index in [0.29, 0.717) is 45.9 Å². The first kappa shape index (κ1) is 24.7. The molecule has 12 heteroatoms. The van der Waals surface area contributed by atoms with E-state index in [-0.39, 0.29) is 35.5 Å². The fraction of sp³-hybridized carbons (Fsp3) is 0.292. The summed E-state index contributed by atoms with van der Waals surface area (Å²) in [6.45, 7) is 1.02. The average Bonchev–Trinajstić information content (AvgIpc) is 3.48. The second kappa shape index (κ2) is 9.81. The minimum atomic E-state index is -4.61. The molecule has 2 aromatic carbocycles. The summed E-state index contributed by atoms with van der Waals surface area (Å²) < 4.78 is 47.0. The number of aromatic hydroxyl groups is 1. The maximum absolute atomic E-state index is 13.9. The minimum absolute atomic E-state index is 0.00899. The summed E-state index contributed by atoms with van der Waals surface area (Å²) in [5.74, 6) is -0.297. The molecule has 0 bridgehead atoms. The largest absolute Gasteiger partial charge is 0.492 e. The molecule has 1 fully saturated rings. The number of aliphatic hydroxyl groups excluding tert-OH is 1. The van der Waals surface area contributed by atoms with E-state index in [2.05, 4.69) is 15.2 Å². The molecule has 0 aliphatic carbocycles. The van der Waals surface area contributed by atoms with Crippen LogP contribution >= 0.6 is 22.9 Å². The molecule has 3 aromatic rings. The van der Waals surface area contributed by atoms with Crippen LogP contribution in [0, 0.1) is 0 Å². The molecule has 188 valence electrons. The zero-order valence-electron chi connectivity index (χ0n) is 18.7. The number of benzene rings is 2. The van der Waals surface area contributed by atoms with Crippen LogP contribution in [-0.2, 0) is 17.3 Å². The zero-order valence-corrected chi connectivity index (χ0v) is 20.2. The van der Waals surface area contributed by atoms with Crippen LogP contribution in [0.3, 0.4) is 0 Å². The van der Waals surface area contributed by atoms with Gasteiger partial charge in [-0.05, 0) is 40.6 Å². The lowest BCUT2D eigenvalue weighted by molar-refractivity contribution is -0.138. The lowest BCUT2D eigenvalue weighted by Gasteiger charge is -2.34. The van der Waals surface area contributed by atoms with Crippen molar-refractivity contribution in [2.75, 3.05) is 31.3 Å². The van der Waals surface area contributed by atoms with Gasteiger partial charge in [-0.3, -0.25) is 0 Å². The van der Waals surface area contributed by atoms with E-state index in [1.165, 1.54) is 12.1 Å². The highest BCUT2D eigenvalue weighted by Crippen LogP contribution is 2.40. The summed E-state index contributed by atoms with van der Waals surface area (Å²) in [5, 5.41) is 30.2. The van der Waals surface area contributed by atoms with E-state index in [9.17, 15) is 23.4 Å². The number of halogens is 4. The molecule has 1 aromatic heterocycles. The summed E-state index contributed by atoms with van der Waals surface area (Å²) in [4.78, 5) is 6.48. The number of aliphatic hydroxyl groups is 1. The number of aromatic nitrogens is 1. The summed E-state index contributed by atoms with van der Waals surface area (Å²) in [7, 11) is 0. The van der Waals surface area contributed by atoms with E-state index < -0.39 is 11.7 Å². The second-order valence-electron chi connectivity index (χ2n) is 8.33. The monoisotopic (exact) mass is 536 g/mol. The van der Waals surface area contributed by atoms with Gasteiger partial charge < -0.3 is 19.8 Å². The maximum Gasteiger partial charge on any atom is 0.416 e. The fourth-order valence-corrected chi connectivity index (χ4v) is 5.53. The van der Waals surface area contributed by atoms with Crippen molar-refractivity contribution in [2.45, 2.75) is 18.6 Å². The minimum Gasteiger partial charge on any atom is -0.492 e. The van der Waals surface area contributed by atoms with Crippen molar-refractivity contribution in [2.24, 2.45) is 10.2 Å². The van der Waals surface area contributed by atoms with Gasteiger partial charge in [0, 0.05) is 23.6 Å². The van der Waals surface area contributed by atoms with Gasteiger partial charge in [0.15, 0.2) is 5.13 Å². The van der Waals surface area contributed by atoms with Gasteiger partial charge in [0.05, 0.1) is 47.9 Å². The van der Waals surface area contributed by atoms with E-state index in [1.54, 1.807) is 24.4 Å². The number of morpholine rings is 1. The Labute approximate surface area is 212 Å². The normalized spacial score (nSPS) is 18.2. The van der Waals surface area contributed by atoms with Crippen LogP contribution in [0.25, 0.3) is 5.57 Å². The molecular formula is C24H20ClF3N4O3S. The molecule has 2 N–H and O–H groups in total. The molecule has 1 atom stereocenters. The second-order valence-corrected chi connectivity index (χ2v) is 9.74. The Morgan fingerprint density at radius 1 is 1.22 bits per heavy atom. The van der Waals surface area contributed by atoms with Crippen LogP contribution in [0.2, 0.25) is 5.02 Å². The summed E-state index contributed by atoms with van der Waals surface area (Å²) >= 11 is 7.04. The van der Waals surface area contributed by atoms with Crippen molar-refractivity contribution < 1.29 is 28.1 Å². The highest BCUT2D eigenvalue weighted by atomic mass is 35.5. The Balaban J connectivity index is 1.67. The Morgan fingerprint density at radius 2 is 2.06 bits per heavy atom. The molecule has 0 saturated carbocycles. The molecule has 3 heterocycles. The smallest absolute Gasteiger partial charge is 0.416 e. The third-order valence-corrected chi connectivity index (χ3v) is 7.42. The fourth-order valence-electron chi connectivity index (χ4n) is 4.24. The van der Waals surface area contributed by atoms with Gasteiger partial charge in [0.2, 0.25) is 5.88 Å². The van der Waals surface area contributed by atoms with E-state index in [0.717, 1.165) is 23.0 Å². The molecule has 2 aliphatic rings. The number of fused-ring (bicyclic) bond motifs is 1. The molecule has 0 spiro atoms. The Kier molecular flexibility index (Phi) is 6.73. The molecule has 1 saturated heterocycles. The summed E-state index contributed by atoms with van der Waals surface area (Å²) in [6, 6.07) is 8.56. The Bertz CT molecular complexity index is 1460. The first-order valence-electron chi connectivity index (χ1n) is 11.0. The number of rotatable bonds is 5. The molecule has 0 unspecified atom stereocenters. The molecule has 7 nitrogen and oxygen atoms in total. The van der Waals surface area contributed by atoms with Crippen molar-refractivity contribution in [1.29, 1.82) is 0 Å². The van der Waals surface area contributed by atoms with Crippen LogP contribution in [0.4, 0.5) is 18.3 Å². The molecule has 5 rings (SSSR count). The number of hydrogen-bond donors (Lipinski definition) is 2. The zero-order chi connectivity index (χ0) is 25.4. The SMILES string of the molecule is OC[C@@H]1COCCN1c1nc(O)c(C(Cc2ccc(Cl)cc2C(F)(F)F)=c2ccc3c(c2)C=NN=3)s1. The van der Waals surface area contributed by atoms with E-state index >= 15 is 0 Å². The molecular weight excluding hydrogens is 517 g/mol. The number of hydrogen-bond acceptors (Lipinski definition) is 8. The van der Waals surface area contributed by atoms with E-state index in [1.807, 2.05) is 4.90 Å². The first-order chi connectivity index (χ1) is 17.2. The van der Waals surface area contributed by atoms with Crippen molar-refractivity contribution in [1.82, 2.24) is 4.98 Å². The highest BCUT2D eigenvalue weighted by Gasteiger charge is 2.34. The van der Waals surface area contributed by atoms with Gasteiger partial charge in [0.25, 0.3) is 0 Å². The van der Waals surface area contributed by atoms with Gasteiger partial charge >= 0.3 is 6.18 Å². The number of thiazole rings is 1. The lowest BCUT2D eigenvalue weighted by atomic mass is 9.96. The predicted molar refractivity (Wildman–Crippen MR) is 130 cm³/mol. The number of nitrogens with zero attached hydrogens (tertiary/aromatic N) is 4. The molecule has 2 aliphatic heterocycles. The predicted octanol–water partition coefficient (Wildman–Crippen LogP) is 3.13. The van der Waals surface area contributed by atoms with Gasteiger partial charge in [-0.25, -0.2) is 0 Å². The van der Waals surface area contributed by atoms with Crippen molar-refractivity contribution >= 4 is 39.9 Å². The Hall–Kier alpha value is -2.99. The third-order valence-electron chi connectivity index (χ3n) is 6.04. The summed E-state index contributed by atoms with van der Waals surface area (Å²) in [5.41, 5.74) is 0.341. The van der Waals surface area contributed by atoms with Crippen molar-refractivity contribution in [3.63, 3.8) is 0 Å². The highest BCUT2D eigenvalue weighted by molar-refractivity contribution is 7.17. The quantitative estimate of drug-likeness (QED) is 0.523. The van der Waals surface area contributed by atoms with Crippen LogP contribution in [0.1, 0.15) is 21.6 Å². The van der Waals surface area contributed by atoms with Crippen LogP contribution in [-0.4, -0.2) is 53.8 Å². The molecule has 36 heavy (non-hydrogen) atoms. The van der Waals surface area contributed by atoms with Gasteiger partial charge in [0.1, 0.15) is 0 Å². The van der Waals surface area contributed by atoms with E-state index in [4.69, 9.17) is 16.3 Å². The summed E-state index contributed by atoms with van der Waals surface area (Å²) in [6.07, 6.45) is -3.18. The third kappa shape index (κ3) is 4.83. The lowest BCUT2D eigenvalue weighted by Crippen LogP contribution is -2.47. The number of anilines is 1. The average molecular weight is 537 g/mol. The molecule has 0 amide bonds. The van der Waals surface area contributed by atoms with Crippen LogP contribution < -0.4 is 15.5 Å². The van der Waals surface area contributed by atoms with Crippen LogP contribution in [0.15, 0.2) is 46.6 Å². The first-order valence-corrected chi connectivity index (χ1v) is 12.2. The van der Waals surface area contributed by atoms with Crippen molar-refractivity contribution in [3.8, 4) is 5.88 Å². The standard InChI is InChI=1S/C24H20ClF3N4O3S/c25-16-3-1-14(19(9-16)24(26,27)28)8-18(13-2-4-20-15(7-13)10-29-31-20)21-22(34)30-23(36-21)32-5-6-35-12-17(32)11-33/h1-4,7,9-10,17,33-34H,5-6,8,11-12H2/t17-/m1/s1. The Morgan fingerprint density at radius 3 is 2.83 bits per heavy atom. The topological polar surface area (TPSA) is 90.5 Å². The number of ether oxygens (including phenoxy) is 1. The van der Waals surface area contributed by atoms with Crippen LogP contribution in [0.5, 0.6) is 5.88 Å². The number of alkyl halides is 3.